The average molecular weight is 345 g/mol. The monoisotopic (exact) mass is 344 g/mol. The van der Waals surface area contributed by atoms with E-state index in [0.29, 0.717) is 21.8 Å². The van der Waals surface area contributed by atoms with E-state index in [-0.39, 0.29) is 5.75 Å². The average Bonchev–Trinajstić information content (AvgIpc) is 2.84. The number of nitrogens with zero attached hydrogens (tertiary/aromatic N) is 2. The fraction of sp³-hybridized carbons (Fsp3) is 0.222. The van der Waals surface area contributed by atoms with Crippen molar-refractivity contribution in [1.29, 1.82) is 0 Å². The molecule has 2 heterocycles. The van der Waals surface area contributed by atoms with Crippen LogP contribution in [-0.4, -0.2) is 26.4 Å². The molecule has 3 aromatic rings. The number of fused-ring (bicyclic) bond motifs is 1. The summed E-state index contributed by atoms with van der Waals surface area (Å²) in [6.07, 6.45) is 2.40. The summed E-state index contributed by atoms with van der Waals surface area (Å²) in [4.78, 5) is 16.7. The van der Waals surface area contributed by atoms with Gasteiger partial charge in [-0.3, -0.25) is 4.98 Å². The SMILES string of the molecule is CC(C)(C)OC(=O)n1c(-c2cncc(O)c2)cc2ccc(Cl)cc21. The number of pyridine rings is 1. The second-order valence-corrected chi connectivity index (χ2v) is 6.92. The molecule has 0 aliphatic heterocycles. The lowest BCUT2D eigenvalue weighted by Crippen LogP contribution is -2.27. The molecule has 0 aliphatic carbocycles. The highest BCUT2D eigenvalue weighted by atomic mass is 35.5. The zero-order valence-electron chi connectivity index (χ0n) is 13.6. The molecule has 0 atom stereocenters. The molecule has 5 nitrogen and oxygen atoms in total. The third-order valence-corrected chi connectivity index (χ3v) is 3.60. The van der Waals surface area contributed by atoms with Crippen molar-refractivity contribution >= 4 is 28.6 Å². The van der Waals surface area contributed by atoms with Crippen molar-refractivity contribution in [3.05, 3.63) is 47.7 Å². The largest absolute Gasteiger partial charge is 0.506 e. The predicted octanol–water partition coefficient (Wildman–Crippen LogP) is 4.85. The Bertz CT molecular complexity index is 926. The topological polar surface area (TPSA) is 64.4 Å². The van der Waals surface area contributed by atoms with Crippen LogP contribution in [0.3, 0.4) is 0 Å². The van der Waals surface area contributed by atoms with E-state index in [2.05, 4.69) is 4.98 Å². The van der Waals surface area contributed by atoms with Crippen molar-refractivity contribution in [1.82, 2.24) is 9.55 Å². The number of carbonyl (C=O) groups is 1. The molecule has 0 amide bonds. The van der Waals surface area contributed by atoms with Gasteiger partial charge in [0, 0.05) is 22.2 Å². The molecule has 124 valence electrons. The van der Waals surface area contributed by atoms with Crippen molar-refractivity contribution < 1.29 is 14.6 Å². The van der Waals surface area contributed by atoms with Crippen LogP contribution in [0.25, 0.3) is 22.2 Å². The van der Waals surface area contributed by atoms with Gasteiger partial charge in [0.25, 0.3) is 0 Å². The van der Waals surface area contributed by atoms with Gasteiger partial charge in [-0.1, -0.05) is 17.7 Å². The van der Waals surface area contributed by atoms with Crippen LogP contribution < -0.4 is 0 Å². The summed E-state index contributed by atoms with van der Waals surface area (Å²) in [6.45, 7) is 5.41. The number of hydrogen-bond acceptors (Lipinski definition) is 4. The highest BCUT2D eigenvalue weighted by Gasteiger charge is 2.23. The first kappa shape index (κ1) is 16.3. The Morgan fingerprint density at radius 2 is 1.96 bits per heavy atom. The van der Waals surface area contributed by atoms with Crippen molar-refractivity contribution in [2.75, 3.05) is 0 Å². The number of hydrogen-bond donors (Lipinski definition) is 1. The van der Waals surface area contributed by atoms with E-state index in [4.69, 9.17) is 16.3 Å². The van der Waals surface area contributed by atoms with Crippen molar-refractivity contribution in [3.63, 3.8) is 0 Å². The van der Waals surface area contributed by atoms with E-state index in [0.717, 1.165) is 5.39 Å². The minimum Gasteiger partial charge on any atom is -0.506 e. The maximum atomic E-state index is 12.7. The summed E-state index contributed by atoms with van der Waals surface area (Å²) < 4.78 is 6.97. The number of benzene rings is 1. The Morgan fingerprint density at radius 1 is 1.21 bits per heavy atom. The van der Waals surface area contributed by atoms with Crippen molar-refractivity contribution in [2.24, 2.45) is 0 Å². The first-order chi connectivity index (χ1) is 11.2. The maximum absolute atomic E-state index is 12.7. The highest BCUT2D eigenvalue weighted by Crippen LogP contribution is 2.31. The molecule has 1 aromatic carbocycles. The van der Waals surface area contributed by atoms with Gasteiger partial charge < -0.3 is 9.84 Å². The van der Waals surface area contributed by atoms with Crippen LogP contribution in [-0.2, 0) is 4.74 Å². The molecule has 0 spiro atoms. The third-order valence-electron chi connectivity index (χ3n) is 3.36. The maximum Gasteiger partial charge on any atom is 0.419 e. The number of rotatable bonds is 1. The molecule has 0 radical (unpaired) electrons. The molecule has 2 aromatic heterocycles. The van der Waals surface area contributed by atoms with Gasteiger partial charge in [-0.15, -0.1) is 0 Å². The van der Waals surface area contributed by atoms with E-state index >= 15 is 0 Å². The lowest BCUT2D eigenvalue weighted by molar-refractivity contribution is 0.0547. The van der Waals surface area contributed by atoms with Crippen LogP contribution in [0.2, 0.25) is 5.02 Å². The second kappa shape index (κ2) is 5.83. The van der Waals surface area contributed by atoms with E-state index in [1.807, 2.05) is 12.1 Å². The Hall–Kier alpha value is -2.53. The number of ether oxygens (including phenoxy) is 1. The van der Waals surface area contributed by atoms with Gasteiger partial charge in [-0.05, 0) is 45.0 Å². The van der Waals surface area contributed by atoms with Gasteiger partial charge in [-0.25, -0.2) is 9.36 Å². The summed E-state index contributed by atoms with van der Waals surface area (Å²) in [7, 11) is 0. The molecule has 0 saturated carbocycles. The van der Waals surface area contributed by atoms with Crippen LogP contribution in [0.1, 0.15) is 20.8 Å². The van der Waals surface area contributed by atoms with E-state index < -0.39 is 11.7 Å². The Morgan fingerprint density at radius 3 is 2.62 bits per heavy atom. The number of halogens is 1. The molecule has 3 rings (SSSR count). The fourth-order valence-electron chi connectivity index (χ4n) is 2.46. The molecule has 0 saturated heterocycles. The van der Waals surface area contributed by atoms with Crippen molar-refractivity contribution in [3.8, 4) is 17.0 Å². The molecular formula is C18H17ClN2O3. The van der Waals surface area contributed by atoms with Crippen LogP contribution >= 0.6 is 11.6 Å². The number of carbonyl (C=O) groups excluding carboxylic acids is 1. The molecule has 0 fully saturated rings. The lowest BCUT2D eigenvalue weighted by Gasteiger charge is -2.21. The van der Waals surface area contributed by atoms with Gasteiger partial charge in [-0.2, -0.15) is 0 Å². The normalized spacial score (nSPS) is 11.7. The van der Waals surface area contributed by atoms with Gasteiger partial charge in [0.05, 0.1) is 17.4 Å². The summed E-state index contributed by atoms with van der Waals surface area (Å²) in [5.41, 5.74) is 1.17. The molecule has 1 N–H and O–H groups in total. The number of aromatic nitrogens is 2. The third kappa shape index (κ3) is 3.21. The summed E-state index contributed by atoms with van der Waals surface area (Å²) in [5, 5.41) is 11.1. The van der Waals surface area contributed by atoms with Gasteiger partial charge in [0.1, 0.15) is 11.4 Å². The minimum atomic E-state index is -0.638. The van der Waals surface area contributed by atoms with Crippen molar-refractivity contribution in [2.45, 2.75) is 26.4 Å². The van der Waals surface area contributed by atoms with Crippen LogP contribution in [0.4, 0.5) is 4.79 Å². The number of aromatic hydroxyl groups is 1. The Labute approximate surface area is 144 Å². The molecule has 0 bridgehead atoms. The van der Waals surface area contributed by atoms with Crippen LogP contribution in [0, 0.1) is 0 Å². The first-order valence-electron chi connectivity index (χ1n) is 7.43. The van der Waals surface area contributed by atoms with E-state index in [1.54, 1.807) is 45.2 Å². The quantitative estimate of drug-likeness (QED) is 0.685. The zero-order valence-corrected chi connectivity index (χ0v) is 14.3. The van der Waals surface area contributed by atoms with Crippen LogP contribution in [0.15, 0.2) is 42.7 Å². The van der Waals surface area contributed by atoms with E-state index in [9.17, 15) is 9.90 Å². The van der Waals surface area contributed by atoms with Gasteiger partial charge in [0.15, 0.2) is 0 Å². The zero-order chi connectivity index (χ0) is 17.5. The van der Waals surface area contributed by atoms with Crippen LogP contribution in [0.5, 0.6) is 5.75 Å². The fourth-order valence-corrected chi connectivity index (χ4v) is 2.63. The molecular weight excluding hydrogens is 328 g/mol. The molecule has 0 unspecified atom stereocenters. The summed E-state index contributed by atoms with van der Waals surface area (Å²) in [6, 6.07) is 8.68. The second-order valence-electron chi connectivity index (χ2n) is 6.48. The Balaban J connectivity index is 2.25. The molecule has 6 heteroatoms. The standard InChI is InChI=1S/C18H17ClN2O3/c1-18(2,3)24-17(23)21-15(12-6-14(22)10-20-9-12)7-11-4-5-13(19)8-16(11)21/h4-10,22H,1-3H3. The first-order valence-corrected chi connectivity index (χ1v) is 7.81. The smallest absolute Gasteiger partial charge is 0.419 e. The Kier molecular flexibility index (Phi) is 3.97. The van der Waals surface area contributed by atoms with Gasteiger partial charge >= 0.3 is 6.09 Å². The lowest BCUT2D eigenvalue weighted by atomic mass is 10.2. The van der Waals surface area contributed by atoms with Gasteiger partial charge in [0.2, 0.25) is 0 Å². The molecule has 24 heavy (non-hydrogen) atoms. The van der Waals surface area contributed by atoms with E-state index in [1.165, 1.54) is 10.8 Å². The predicted molar refractivity (Wildman–Crippen MR) is 93.5 cm³/mol. The molecule has 0 aliphatic rings. The summed E-state index contributed by atoms with van der Waals surface area (Å²) in [5.74, 6) is 0.0199. The summed E-state index contributed by atoms with van der Waals surface area (Å²) >= 11 is 6.09. The highest BCUT2D eigenvalue weighted by molar-refractivity contribution is 6.31. The minimum absolute atomic E-state index is 0.0199.